The van der Waals surface area contributed by atoms with Crippen molar-refractivity contribution in [2.24, 2.45) is 5.14 Å². The molecule has 0 saturated heterocycles. The van der Waals surface area contributed by atoms with E-state index in [-0.39, 0.29) is 15.9 Å². The van der Waals surface area contributed by atoms with Crippen molar-refractivity contribution in [1.29, 1.82) is 0 Å². The molecular formula is C12H11ClN2O4S. The maximum Gasteiger partial charge on any atom is 0.291 e. The summed E-state index contributed by atoms with van der Waals surface area (Å²) in [5.74, 6) is -0.423. The van der Waals surface area contributed by atoms with Crippen LogP contribution < -0.4 is 10.5 Å². The number of hydrogen-bond donors (Lipinski definition) is 2. The van der Waals surface area contributed by atoms with E-state index in [2.05, 4.69) is 5.32 Å². The molecule has 0 aliphatic rings. The van der Waals surface area contributed by atoms with Gasteiger partial charge in [0.25, 0.3) is 5.91 Å². The zero-order valence-electron chi connectivity index (χ0n) is 10.4. The van der Waals surface area contributed by atoms with Gasteiger partial charge < -0.3 is 9.73 Å². The van der Waals surface area contributed by atoms with Gasteiger partial charge in [-0.15, -0.1) is 0 Å². The molecule has 1 amide bonds. The van der Waals surface area contributed by atoms with E-state index < -0.39 is 15.9 Å². The first-order valence-electron chi connectivity index (χ1n) is 5.47. The number of nitrogens with two attached hydrogens (primary N) is 1. The van der Waals surface area contributed by atoms with E-state index in [0.29, 0.717) is 11.3 Å². The van der Waals surface area contributed by atoms with Gasteiger partial charge in [0.2, 0.25) is 10.0 Å². The number of primary sulfonamides is 1. The lowest BCUT2D eigenvalue weighted by atomic mass is 10.2. The fourth-order valence-electron chi connectivity index (χ4n) is 1.57. The van der Waals surface area contributed by atoms with Gasteiger partial charge in [-0.3, -0.25) is 4.79 Å². The summed E-state index contributed by atoms with van der Waals surface area (Å²) in [5, 5.41) is 7.73. The highest BCUT2D eigenvalue weighted by molar-refractivity contribution is 7.89. The lowest BCUT2D eigenvalue weighted by molar-refractivity contribution is 0.0996. The lowest BCUT2D eigenvalue weighted by Gasteiger charge is -2.08. The standard InChI is InChI=1S/C12H11ClN2O4S/c1-7-6-8(20(14,17)18)2-3-9(7)15-12(16)10-4-5-11(13)19-10/h2-6H,1H3,(H,15,16)(H2,14,17,18). The van der Waals surface area contributed by atoms with Gasteiger partial charge in [0.05, 0.1) is 4.90 Å². The summed E-state index contributed by atoms with van der Waals surface area (Å²) in [5.41, 5.74) is 1.01. The number of rotatable bonds is 3. The Labute approximate surface area is 120 Å². The zero-order valence-corrected chi connectivity index (χ0v) is 12.0. The molecule has 0 fully saturated rings. The van der Waals surface area contributed by atoms with Crippen LogP contribution in [-0.2, 0) is 10.0 Å². The maximum atomic E-state index is 11.9. The molecule has 0 atom stereocenters. The Bertz CT molecular complexity index is 768. The van der Waals surface area contributed by atoms with Gasteiger partial charge in [-0.1, -0.05) is 0 Å². The summed E-state index contributed by atoms with van der Waals surface area (Å²) >= 11 is 5.58. The summed E-state index contributed by atoms with van der Waals surface area (Å²) in [6.07, 6.45) is 0. The van der Waals surface area contributed by atoms with Crippen LogP contribution in [0.1, 0.15) is 16.1 Å². The predicted molar refractivity (Wildman–Crippen MR) is 74.2 cm³/mol. The molecule has 0 aliphatic carbocycles. The van der Waals surface area contributed by atoms with Crippen LogP contribution in [-0.4, -0.2) is 14.3 Å². The number of hydrogen-bond acceptors (Lipinski definition) is 4. The second-order valence-electron chi connectivity index (χ2n) is 4.08. The molecule has 0 saturated carbocycles. The van der Waals surface area contributed by atoms with Crippen molar-refractivity contribution in [3.05, 3.63) is 46.9 Å². The Morgan fingerprint density at radius 1 is 1.30 bits per heavy atom. The molecule has 0 unspecified atom stereocenters. The minimum Gasteiger partial charge on any atom is -0.440 e. The molecule has 1 heterocycles. The molecule has 2 rings (SSSR count). The van der Waals surface area contributed by atoms with Crippen LogP contribution in [0.15, 0.2) is 39.6 Å². The zero-order chi connectivity index (χ0) is 14.9. The van der Waals surface area contributed by atoms with Crippen LogP contribution in [0.25, 0.3) is 0 Å². The molecule has 0 aliphatic heterocycles. The Morgan fingerprint density at radius 3 is 2.50 bits per heavy atom. The molecule has 20 heavy (non-hydrogen) atoms. The highest BCUT2D eigenvalue weighted by Crippen LogP contribution is 2.20. The summed E-state index contributed by atoms with van der Waals surface area (Å²) in [4.78, 5) is 11.8. The number of sulfonamides is 1. The van der Waals surface area contributed by atoms with Gasteiger partial charge in [0, 0.05) is 5.69 Å². The fraction of sp³-hybridized carbons (Fsp3) is 0.0833. The van der Waals surface area contributed by atoms with Crippen LogP contribution >= 0.6 is 11.6 Å². The maximum absolute atomic E-state index is 11.9. The number of carbonyl (C=O) groups is 1. The largest absolute Gasteiger partial charge is 0.440 e. The van der Waals surface area contributed by atoms with Crippen molar-refractivity contribution in [3.8, 4) is 0 Å². The summed E-state index contributed by atoms with van der Waals surface area (Å²) in [7, 11) is -3.77. The number of anilines is 1. The third-order valence-corrected chi connectivity index (χ3v) is 3.69. The van der Waals surface area contributed by atoms with Crippen molar-refractivity contribution in [2.45, 2.75) is 11.8 Å². The minimum atomic E-state index is -3.77. The first-order valence-corrected chi connectivity index (χ1v) is 7.40. The summed E-state index contributed by atoms with van der Waals surface area (Å²) in [6, 6.07) is 7.03. The topological polar surface area (TPSA) is 102 Å². The Balaban J connectivity index is 2.25. The Kier molecular flexibility index (Phi) is 3.85. The van der Waals surface area contributed by atoms with Crippen LogP contribution in [0.2, 0.25) is 5.22 Å². The fourth-order valence-corrected chi connectivity index (χ4v) is 2.32. The third kappa shape index (κ3) is 3.19. The number of aryl methyl sites for hydroxylation is 1. The molecular weight excluding hydrogens is 304 g/mol. The van der Waals surface area contributed by atoms with Crippen LogP contribution in [0.4, 0.5) is 5.69 Å². The molecule has 6 nitrogen and oxygen atoms in total. The van der Waals surface area contributed by atoms with Crippen LogP contribution in [0, 0.1) is 6.92 Å². The van der Waals surface area contributed by atoms with E-state index in [1.54, 1.807) is 6.92 Å². The number of furan rings is 1. The lowest BCUT2D eigenvalue weighted by Crippen LogP contribution is -2.14. The molecule has 0 radical (unpaired) electrons. The van der Waals surface area contributed by atoms with Crippen molar-refractivity contribution in [1.82, 2.24) is 0 Å². The van der Waals surface area contributed by atoms with Gasteiger partial charge in [-0.2, -0.15) is 0 Å². The first kappa shape index (κ1) is 14.6. The van der Waals surface area contributed by atoms with Crippen LogP contribution in [0.5, 0.6) is 0 Å². The van der Waals surface area contributed by atoms with Crippen molar-refractivity contribution in [3.63, 3.8) is 0 Å². The van der Waals surface area contributed by atoms with Gasteiger partial charge in [0.15, 0.2) is 11.0 Å². The number of nitrogens with one attached hydrogen (secondary N) is 1. The highest BCUT2D eigenvalue weighted by Gasteiger charge is 2.14. The number of halogens is 1. The van der Waals surface area contributed by atoms with Crippen LogP contribution in [0.3, 0.4) is 0 Å². The Hall–Kier alpha value is -1.83. The van der Waals surface area contributed by atoms with Crippen molar-refractivity contribution in [2.75, 3.05) is 5.32 Å². The molecule has 0 bridgehead atoms. The average molecular weight is 315 g/mol. The second-order valence-corrected chi connectivity index (χ2v) is 6.01. The van der Waals surface area contributed by atoms with Gasteiger partial charge in [-0.25, -0.2) is 13.6 Å². The van der Waals surface area contributed by atoms with E-state index in [1.165, 1.54) is 30.3 Å². The molecule has 1 aromatic carbocycles. The number of benzene rings is 1. The van der Waals surface area contributed by atoms with Gasteiger partial charge >= 0.3 is 0 Å². The monoisotopic (exact) mass is 314 g/mol. The Morgan fingerprint density at radius 2 is 2.00 bits per heavy atom. The van der Waals surface area contributed by atoms with E-state index >= 15 is 0 Å². The predicted octanol–water partition coefficient (Wildman–Crippen LogP) is 2.14. The molecule has 106 valence electrons. The third-order valence-electron chi connectivity index (χ3n) is 2.57. The van der Waals surface area contributed by atoms with Crippen molar-refractivity contribution >= 4 is 33.2 Å². The number of amides is 1. The molecule has 3 N–H and O–H groups in total. The minimum absolute atomic E-state index is 0.0194. The normalized spacial score (nSPS) is 11.3. The number of carbonyl (C=O) groups excluding carboxylic acids is 1. The van der Waals surface area contributed by atoms with E-state index in [0.717, 1.165) is 0 Å². The first-order chi connectivity index (χ1) is 9.27. The van der Waals surface area contributed by atoms with Gasteiger partial charge in [0.1, 0.15) is 0 Å². The summed E-state index contributed by atoms with van der Waals surface area (Å²) in [6.45, 7) is 1.65. The van der Waals surface area contributed by atoms with Crippen molar-refractivity contribution < 1.29 is 17.6 Å². The van der Waals surface area contributed by atoms with E-state index in [9.17, 15) is 13.2 Å². The van der Waals surface area contributed by atoms with Gasteiger partial charge in [-0.05, 0) is 54.4 Å². The molecule has 8 heteroatoms. The SMILES string of the molecule is Cc1cc(S(N)(=O)=O)ccc1NC(=O)c1ccc(Cl)o1. The smallest absolute Gasteiger partial charge is 0.291 e. The molecule has 2 aromatic rings. The average Bonchev–Trinajstić information content (AvgIpc) is 2.77. The van der Waals surface area contributed by atoms with E-state index in [1.807, 2.05) is 0 Å². The highest BCUT2D eigenvalue weighted by atomic mass is 35.5. The molecule has 1 aromatic heterocycles. The molecule has 0 spiro atoms. The van der Waals surface area contributed by atoms with E-state index in [4.69, 9.17) is 21.2 Å². The quantitative estimate of drug-likeness (QED) is 0.905. The summed E-state index contributed by atoms with van der Waals surface area (Å²) < 4.78 is 27.4. The second kappa shape index (κ2) is 5.28.